The smallest absolute Gasteiger partial charge is 0.255 e. The zero-order chi connectivity index (χ0) is 25.5. The number of nitrogens with two attached hydrogens (primary N) is 1. The maximum Gasteiger partial charge on any atom is 0.255 e. The molecule has 36 heavy (non-hydrogen) atoms. The third kappa shape index (κ3) is 6.96. The molecule has 7 nitrogen and oxygen atoms in total. The topological polar surface area (TPSA) is 94.3 Å². The molecule has 0 spiro atoms. The van der Waals surface area contributed by atoms with Gasteiger partial charge in [-0.15, -0.1) is 0 Å². The fourth-order valence-corrected chi connectivity index (χ4v) is 4.12. The van der Waals surface area contributed by atoms with Crippen molar-refractivity contribution < 1.29 is 28.5 Å². The fourth-order valence-electron chi connectivity index (χ4n) is 4.12. The Morgan fingerprint density at radius 3 is 2.64 bits per heavy atom. The van der Waals surface area contributed by atoms with E-state index in [1.54, 1.807) is 31.2 Å². The van der Waals surface area contributed by atoms with Gasteiger partial charge in [0.05, 0.1) is 0 Å². The van der Waals surface area contributed by atoms with Gasteiger partial charge in [-0.3, -0.25) is 9.69 Å². The highest BCUT2D eigenvalue weighted by Gasteiger charge is 2.39. The summed E-state index contributed by atoms with van der Waals surface area (Å²) in [7, 11) is 0. The molecular weight excluding hydrogens is 463 g/mol. The van der Waals surface area contributed by atoms with Gasteiger partial charge in [-0.05, 0) is 49.2 Å². The molecule has 1 saturated heterocycles. The first-order valence-electron chi connectivity index (χ1n) is 11.9. The van der Waals surface area contributed by atoms with Crippen LogP contribution >= 0.6 is 0 Å². The summed E-state index contributed by atoms with van der Waals surface area (Å²) in [4.78, 5) is 13.4. The summed E-state index contributed by atoms with van der Waals surface area (Å²) in [6.07, 6.45) is -0.102. The fraction of sp³-hybridized carbons (Fsp3) is 0.321. The number of ether oxygens (including phenoxy) is 3. The van der Waals surface area contributed by atoms with E-state index in [4.69, 9.17) is 19.9 Å². The van der Waals surface area contributed by atoms with E-state index in [9.17, 15) is 14.3 Å². The van der Waals surface area contributed by atoms with Crippen molar-refractivity contribution in [3.63, 3.8) is 0 Å². The molecule has 8 heteroatoms. The van der Waals surface area contributed by atoms with Crippen LogP contribution in [0.15, 0.2) is 72.8 Å². The van der Waals surface area contributed by atoms with Crippen LogP contribution in [0.1, 0.15) is 24.5 Å². The van der Waals surface area contributed by atoms with Crippen molar-refractivity contribution in [1.29, 1.82) is 0 Å². The molecule has 1 amide bonds. The molecule has 0 unspecified atom stereocenters. The van der Waals surface area contributed by atoms with Gasteiger partial charge in [-0.2, -0.15) is 0 Å². The summed E-state index contributed by atoms with van der Waals surface area (Å²) in [5, 5.41) is 10.9. The Labute approximate surface area is 210 Å². The van der Waals surface area contributed by atoms with Crippen molar-refractivity contribution in [2.75, 3.05) is 19.7 Å². The van der Waals surface area contributed by atoms with E-state index < -0.39 is 23.4 Å². The number of halogens is 1. The standard InChI is InChI=1S/C28H31FN2O5/c1-28(33)12-13-31(17-26(28)36-24-9-5-8-22(29)15-24)16-21-14-23(10-11-25(21)35-19-27(30)32)34-18-20-6-3-2-4-7-20/h2-11,14-15,26,33H,12-13,16-19H2,1H3,(H2,30,32)/t26-,28-/m0/s1. The van der Waals surface area contributed by atoms with Crippen molar-refractivity contribution in [2.24, 2.45) is 5.73 Å². The van der Waals surface area contributed by atoms with Crippen LogP contribution in [0.5, 0.6) is 17.2 Å². The van der Waals surface area contributed by atoms with Crippen LogP contribution in [-0.4, -0.2) is 47.3 Å². The first-order valence-corrected chi connectivity index (χ1v) is 11.9. The molecule has 3 aromatic rings. The van der Waals surface area contributed by atoms with E-state index in [0.29, 0.717) is 49.9 Å². The molecule has 0 aliphatic carbocycles. The van der Waals surface area contributed by atoms with Crippen LogP contribution < -0.4 is 19.9 Å². The van der Waals surface area contributed by atoms with Gasteiger partial charge in [-0.1, -0.05) is 36.4 Å². The summed E-state index contributed by atoms with van der Waals surface area (Å²) in [6, 6.07) is 21.2. The van der Waals surface area contributed by atoms with Crippen LogP contribution in [0, 0.1) is 5.82 Å². The lowest BCUT2D eigenvalue weighted by Gasteiger charge is -2.42. The van der Waals surface area contributed by atoms with Gasteiger partial charge in [0, 0.05) is 31.3 Å². The number of rotatable bonds is 10. The minimum Gasteiger partial charge on any atom is -0.489 e. The molecule has 0 bridgehead atoms. The average molecular weight is 495 g/mol. The lowest BCUT2D eigenvalue weighted by molar-refractivity contribution is -0.120. The summed E-state index contributed by atoms with van der Waals surface area (Å²) in [5.41, 5.74) is 6.06. The number of nitrogens with zero attached hydrogens (tertiary/aromatic N) is 1. The quantitative estimate of drug-likeness (QED) is 0.447. The Hall–Kier alpha value is -3.62. The summed E-state index contributed by atoms with van der Waals surface area (Å²) in [6.45, 7) is 3.40. The molecule has 0 radical (unpaired) electrons. The highest BCUT2D eigenvalue weighted by Crippen LogP contribution is 2.31. The Morgan fingerprint density at radius 2 is 1.89 bits per heavy atom. The number of hydrogen-bond donors (Lipinski definition) is 2. The number of primary amides is 1. The molecule has 4 rings (SSSR count). The first-order chi connectivity index (χ1) is 17.3. The van der Waals surface area contributed by atoms with Crippen LogP contribution in [0.25, 0.3) is 0 Å². The third-order valence-corrected chi connectivity index (χ3v) is 6.17. The molecule has 190 valence electrons. The maximum absolute atomic E-state index is 13.6. The normalized spacial score (nSPS) is 20.0. The SMILES string of the molecule is C[C@]1(O)CCN(Cc2cc(OCc3ccccc3)ccc2OCC(N)=O)C[C@@H]1Oc1cccc(F)c1. The molecule has 3 N–H and O–H groups in total. The molecule has 1 aliphatic rings. The van der Waals surface area contributed by atoms with Crippen LogP contribution in [0.2, 0.25) is 0 Å². The number of aliphatic hydroxyl groups is 1. The van der Waals surface area contributed by atoms with E-state index >= 15 is 0 Å². The second kappa shape index (κ2) is 11.4. The molecule has 1 fully saturated rings. The molecular formula is C28H31FN2O5. The number of amides is 1. The molecule has 0 saturated carbocycles. The minimum atomic E-state index is -1.07. The largest absolute Gasteiger partial charge is 0.489 e. The third-order valence-electron chi connectivity index (χ3n) is 6.17. The molecule has 1 heterocycles. The van der Waals surface area contributed by atoms with E-state index in [1.165, 1.54) is 12.1 Å². The molecule has 1 aliphatic heterocycles. The van der Waals surface area contributed by atoms with Crippen molar-refractivity contribution in [3.05, 3.63) is 89.7 Å². The van der Waals surface area contributed by atoms with E-state index in [-0.39, 0.29) is 6.61 Å². The zero-order valence-electron chi connectivity index (χ0n) is 20.2. The van der Waals surface area contributed by atoms with Gasteiger partial charge in [0.1, 0.15) is 41.4 Å². The lowest BCUT2D eigenvalue weighted by Crippen LogP contribution is -2.56. The van der Waals surface area contributed by atoms with Crippen molar-refractivity contribution >= 4 is 5.91 Å². The number of benzene rings is 3. The summed E-state index contributed by atoms with van der Waals surface area (Å²) in [5.74, 6) is 0.591. The van der Waals surface area contributed by atoms with Crippen molar-refractivity contribution in [1.82, 2.24) is 4.90 Å². The predicted octanol–water partition coefficient (Wildman–Crippen LogP) is 3.67. The van der Waals surface area contributed by atoms with E-state index in [1.807, 2.05) is 36.4 Å². The number of likely N-dealkylation sites (tertiary alicyclic amines) is 1. The van der Waals surface area contributed by atoms with Crippen LogP contribution in [0.4, 0.5) is 4.39 Å². The van der Waals surface area contributed by atoms with Gasteiger partial charge in [0.2, 0.25) is 0 Å². The number of carbonyl (C=O) groups is 1. The predicted molar refractivity (Wildman–Crippen MR) is 133 cm³/mol. The van der Waals surface area contributed by atoms with Gasteiger partial charge < -0.3 is 25.1 Å². The minimum absolute atomic E-state index is 0.239. The lowest BCUT2D eigenvalue weighted by atomic mass is 9.90. The molecule has 0 aromatic heterocycles. The molecule has 2 atom stereocenters. The summed E-state index contributed by atoms with van der Waals surface area (Å²) >= 11 is 0. The van der Waals surface area contributed by atoms with E-state index in [0.717, 1.165) is 11.1 Å². The number of piperidine rings is 1. The van der Waals surface area contributed by atoms with Crippen molar-refractivity contribution in [3.8, 4) is 17.2 Å². The number of hydrogen-bond acceptors (Lipinski definition) is 6. The molecule has 3 aromatic carbocycles. The van der Waals surface area contributed by atoms with Gasteiger partial charge in [0.15, 0.2) is 6.61 Å². The van der Waals surface area contributed by atoms with Gasteiger partial charge >= 0.3 is 0 Å². The second-order valence-corrected chi connectivity index (χ2v) is 9.20. The van der Waals surface area contributed by atoms with E-state index in [2.05, 4.69) is 4.90 Å². The van der Waals surface area contributed by atoms with Crippen LogP contribution in [0.3, 0.4) is 0 Å². The second-order valence-electron chi connectivity index (χ2n) is 9.20. The number of carbonyl (C=O) groups excluding carboxylic acids is 1. The Kier molecular flexibility index (Phi) is 8.07. The Bertz CT molecular complexity index is 1170. The summed E-state index contributed by atoms with van der Waals surface area (Å²) < 4.78 is 31.3. The highest BCUT2D eigenvalue weighted by molar-refractivity contribution is 5.75. The van der Waals surface area contributed by atoms with Crippen molar-refractivity contribution in [2.45, 2.75) is 38.2 Å². The average Bonchev–Trinajstić information content (AvgIpc) is 2.85. The zero-order valence-corrected chi connectivity index (χ0v) is 20.2. The van der Waals surface area contributed by atoms with Gasteiger partial charge in [-0.25, -0.2) is 4.39 Å². The Balaban J connectivity index is 1.49. The first kappa shape index (κ1) is 25.5. The maximum atomic E-state index is 13.6. The highest BCUT2D eigenvalue weighted by atomic mass is 19.1. The van der Waals surface area contributed by atoms with Crippen LogP contribution in [-0.2, 0) is 17.9 Å². The monoisotopic (exact) mass is 494 g/mol. The Morgan fingerprint density at radius 1 is 1.08 bits per heavy atom. The van der Waals surface area contributed by atoms with Gasteiger partial charge in [0.25, 0.3) is 5.91 Å².